The first-order valence-electron chi connectivity index (χ1n) is 8.94. The Morgan fingerprint density at radius 2 is 2.04 bits per heavy atom. The van der Waals surface area contributed by atoms with E-state index >= 15 is 0 Å². The summed E-state index contributed by atoms with van der Waals surface area (Å²) in [5.41, 5.74) is 0.355. The number of benzene rings is 1. The topological polar surface area (TPSA) is 97.0 Å². The van der Waals surface area contributed by atoms with Gasteiger partial charge in [0.05, 0.1) is 7.11 Å². The molecule has 0 radical (unpaired) electrons. The van der Waals surface area contributed by atoms with Gasteiger partial charge in [0, 0.05) is 20.3 Å². The lowest BCUT2D eigenvalue weighted by Crippen LogP contribution is -2.45. The molecule has 148 valence electrons. The number of nitrogens with one attached hydrogen (secondary N) is 2. The lowest BCUT2D eigenvalue weighted by Gasteiger charge is -2.26. The van der Waals surface area contributed by atoms with Crippen molar-refractivity contribution in [1.82, 2.24) is 15.5 Å². The molecule has 2 rings (SSSR count). The summed E-state index contributed by atoms with van der Waals surface area (Å²) in [5, 5.41) is 5.46. The first kappa shape index (κ1) is 20.7. The van der Waals surface area contributed by atoms with Crippen LogP contribution in [0.4, 0.5) is 4.79 Å². The molecule has 8 heteroatoms. The highest BCUT2D eigenvalue weighted by Gasteiger charge is 2.51. The predicted molar refractivity (Wildman–Crippen MR) is 99.4 cm³/mol. The fourth-order valence-electron chi connectivity index (χ4n) is 3.20. The number of rotatable bonds is 9. The molecule has 1 fully saturated rings. The summed E-state index contributed by atoms with van der Waals surface area (Å²) in [6, 6.07) is 4.80. The van der Waals surface area contributed by atoms with Crippen LogP contribution < -0.4 is 15.4 Å². The summed E-state index contributed by atoms with van der Waals surface area (Å²) in [6.45, 7) is 4.34. The molecule has 1 aromatic carbocycles. The third-order valence-corrected chi connectivity index (χ3v) is 4.74. The van der Waals surface area contributed by atoms with Gasteiger partial charge in [0.1, 0.15) is 17.8 Å². The van der Waals surface area contributed by atoms with E-state index in [1.807, 2.05) is 19.9 Å². The minimum atomic E-state index is -1.18. The highest BCUT2D eigenvalue weighted by Crippen LogP contribution is 2.34. The van der Waals surface area contributed by atoms with Crippen molar-refractivity contribution >= 4 is 17.8 Å². The summed E-state index contributed by atoms with van der Waals surface area (Å²) < 4.78 is 10.2. The van der Waals surface area contributed by atoms with Crippen molar-refractivity contribution in [3.63, 3.8) is 0 Å². The van der Waals surface area contributed by atoms with E-state index in [1.54, 1.807) is 26.4 Å². The van der Waals surface area contributed by atoms with E-state index in [0.29, 0.717) is 37.3 Å². The van der Waals surface area contributed by atoms with Gasteiger partial charge < -0.3 is 20.1 Å². The van der Waals surface area contributed by atoms with E-state index < -0.39 is 17.5 Å². The largest absolute Gasteiger partial charge is 0.496 e. The third kappa shape index (κ3) is 4.21. The van der Waals surface area contributed by atoms with Crippen molar-refractivity contribution in [2.45, 2.75) is 32.2 Å². The van der Waals surface area contributed by atoms with Crippen LogP contribution in [-0.2, 0) is 19.9 Å². The maximum atomic E-state index is 13.1. The fourth-order valence-corrected chi connectivity index (χ4v) is 3.20. The fraction of sp³-hybridized carbons (Fsp3) is 0.526. The van der Waals surface area contributed by atoms with Crippen molar-refractivity contribution < 1.29 is 23.9 Å². The van der Waals surface area contributed by atoms with Gasteiger partial charge in [0.2, 0.25) is 5.91 Å². The molecule has 1 unspecified atom stereocenters. The first-order valence-corrected chi connectivity index (χ1v) is 8.94. The number of nitrogens with zero attached hydrogens (tertiary/aromatic N) is 1. The molecule has 2 N–H and O–H groups in total. The Morgan fingerprint density at radius 1 is 1.30 bits per heavy atom. The molecule has 1 heterocycles. The quantitative estimate of drug-likeness (QED) is 0.500. The van der Waals surface area contributed by atoms with Crippen molar-refractivity contribution in [2.75, 3.05) is 33.9 Å². The molecule has 0 saturated carbocycles. The molecule has 0 aromatic heterocycles. The zero-order valence-electron chi connectivity index (χ0n) is 16.3. The minimum Gasteiger partial charge on any atom is -0.496 e. The molecule has 27 heavy (non-hydrogen) atoms. The number of amides is 4. The Morgan fingerprint density at radius 3 is 2.63 bits per heavy atom. The molecule has 1 aliphatic rings. The Bertz CT molecular complexity index is 721. The van der Waals surface area contributed by atoms with Gasteiger partial charge in [0.25, 0.3) is 5.91 Å². The van der Waals surface area contributed by atoms with Crippen molar-refractivity contribution in [3.8, 4) is 5.75 Å². The normalized spacial score (nSPS) is 19.2. The highest BCUT2D eigenvalue weighted by molar-refractivity contribution is 6.09. The van der Waals surface area contributed by atoms with Crippen LogP contribution in [0.15, 0.2) is 18.2 Å². The van der Waals surface area contributed by atoms with Gasteiger partial charge in [-0.2, -0.15) is 0 Å². The second kappa shape index (κ2) is 8.85. The smallest absolute Gasteiger partial charge is 0.325 e. The third-order valence-electron chi connectivity index (χ3n) is 4.74. The lowest BCUT2D eigenvalue weighted by molar-refractivity contribution is -0.135. The molecule has 1 aromatic rings. The second-order valence-electron chi connectivity index (χ2n) is 6.46. The second-order valence-corrected chi connectivity index (χ2v) is 6.46. The predicted octanol–water partition coefficient (Wildman–Crippen LogP) is 1.31. The van der Waals surface area contributed by atoms with Crippen LogP contribution in [0.25, 0.3) is 0 Å². The Hall–Kier alpha value is -2.61. The molecular formula is C19H27N3O5. The first-order chi connectivity index (χ1) is 12.9. The van der Waals surface area contributed by atoms with Crippen LogP contribution in [0.5, 0.6) is 5.75 Å². The van der Waals surface area contributed by atoms with Crippen LogP contribution in [0.1, 0.15) is 30.9 Å². The van der Waals surface area contributed by atoms with Gasteiger partial charge in [0.15, 0.2) is 0 Å². The molecule has 1 atom stereocenters. The zero-order valence-corrected chi connectivity index (χ0v) is 16.3. The van der Waals surface area contributed by atoms with E-state index in [1.165, 1.54) is 0 Å². The maximum absolute atomic E-state index is 13.1. The van der Waals surface area contributed by atoms with E-state index in [-0.39, 0.29) is 12.5 Å². The highest BCUT2D eigenvalue weighted by atomic mass is 16.5. The van der Waals surface area contributed by atoms with Crippen LogP contribution >= 0.6 is 0 Å². The van der Waals surface area contributed by atoms with Crippen LogP contribution in [-0.4, -0.2) is 56.7 Å². The number of hydrogen-bond donors (Lipinski definition) is 2. The number of hydrogen-bond acceptors (Lipinski definition) is 5. The lowest BCUT2D eigenvalue weighted by atomic mass is 9.86. The molecular weight excluding hydrogens is 350 g/mol. The molecule has 1 saturated heterocycles. The van der Waals surface area contributed by atoms with E-state index in [2.05, 4.69) is 10.6 Å². The zero-order chi connectivity index (χ0) is 20.0. The number of carbonyl (C=O) groups excluding carboxylic acids is 3. The van der Waals surface area contributed by atoms with Crippen LogP contribution in [0, 0.1) is 6.92 Å². The summed E-state index contributed by atoms with van der Waals surface area (Å²) in [6.07, 6.45) is 1.03. The monoisotopic (exact) mass is 377 g/mol. The molecule has 8 nitrogen and oxygen atoms in total. The Balaban J connectivity index is 2.16. The summed E-state index contributed by atoms with van der Waals surface area (Å²) in [5.74, 6) is -0.104. The number of imide groups is 1. The van der Waals surface area contributed by atoms with E-state index in [9.17, 15) is 14.4 Å². The molecule has 1 aliphatic heterocycles. The number of methoxy groups -OCH3 is 2. The standard InChI is InChI=1S/C19H27N3O5/c1-5-19(14-7-8-15(27-4)13(2)11-14)17(24)22(18(25)21-19)12-16(23)20-9-6-10-26-3/h7-8,11H,5-6,9-10,12H2,1-4H3,(H,20,23)(H,21,25). The van der Waals surface area contributed by atoms with Crippen molar-refractivity contribution in [2.24, 2.45) is 0 Å². The molecule has 0 bridgehead atoms. The van der Waals surface area contributed by atoms with Gasteiger partial charge in [-0.05, 0) is 43.0 Å². The average Bonchev–Trinajstić information content (AvgIpc) is 2.90. The van der Waals surface area contributed by atoms with Gasteiger partial charge >= 0.3 is 6.03 Å². The van der Waals surface area contributed by atoms with Gasteiger partial charge in [-0.3, -0.25) is 14.5 Å². The summed E-state index contributed by atoms with van der Waals surface area (Å²) in [4.78, 5) is 38.5. The van der Waals surface area contributed by atoms with Crippen LogP contribution in [0.3, 0.4) is 0 Å². The number of ether oxygens (including phenoxy) is 2. The van der Waals surface area contributed by atoms with Crippen molar-refractivity contribution in [3.05, 3.63) is 29.3 Å². The summed E-state index contributed by atoms with van der Waals surface area (Å²) >= 11 is 0. The van der Waals surface area contributed by atoms with Crippen LogP contribution in [0.2, 0.25) is 0 Å². The van der Waals surface area contributed by atoms with Crippen molar-refractivity contribution in [1.29, 1.82) is 0 Å². The van der Waals surface area contributed by atoms with E-state index in [0.717, 1.165) is 10.5 Å². The number of urea groups is 1. The van der Waals surface area contributed by atoms with Gasteiger partial charge in [-0.25, -0.2) is 4.79 Å². The minimum absolute atomic E-state index is 0.311. The molecule has 0 spiro atoms. The number of carbonyl (C=O) groups is 3. The maximum Gasteiger partial charge on any atom is 0.325 e. The molecule has 4 amide bonds. The van der Waals surface area contributed by atoms with Gasteiger partial charge in [-0.1, -0.05) is 13.0 Å². The van der Waals surface area contributed by atoms with Gasteiger partial charge in [-0.15, -0.1) is 0 Å². The van der Waals surface area contributed by atoms with E-state index in [4.69, 9.17) is 9.47 Å². The summed E-state index contributed by atoms with van der Waals surface area (Å²) in [7, 11) is 3.16. The SMILES string of the molecule is CCC1(c2ccc(OC)c(C)c2)NC(=O)N(CC(=O)NCCCOC)C1=O. The molecule has 0 aliphatic carbocycles. The Labute approximate surface area is 159 Å². The Kier molecular flexibility index (Phi) is 6.79. The number of aryl methyl sites for hydroxylation is 1. The average molecular weight is 377 g/mol.